The van der Waals surface area contributed by atoms with E-state index in [1.54, 1.807) is 0 Å². The van der Waals surface area contributed by atoms with Crippen LogP contribution in [-0.2, 0) is 0 Å². The molecule has 0 aliphatic carbocycles. The first-order chi connectivity index (χ1) is 12.8. The molecule has 0 aliphatic heterocycles. The van der Waals surface area contributed by atoms with Gasteiger partial charge in [0.25, 0.3) is 0 Å². The van der Waals surface area contributed by atoms with Crippen molar-refractivity contribution in [2.24, 2.45) is 0 Å². The SMILES string of the molecule is CC=CCCN(CCC)CCC(C#N)c1ccccc1-c1ccccc1. The minimum Gasteiger partial charge on any atom is -0.303 e. The molecule has 0 fully saturated rings. The van der Waals surface area contributed by atoms with E-state index in [-0.39, 0.29) is 5.92 Å². The number of rotatable bonds is 10. The van der Waals surface area contributed by atoms with Crippen LogP contribution in [0, 0.1) is 11.3 Å². The number of allylic oxidation sites excluding steroid dienone is 1. The van der Waals surface area contributed by atoms with Gasteiger partial charge in [-0.3, -0.25) is 0 Å². The van der Waals surface area contributed by atoms with Crippen LogP contribution in [0.3, 0.4) is 0 Å². The molecule has 2 nitrogen and oxygen atoms in total. The Morgan fingerprint density at radius 1 is 1.00 bits per heavy atom. The van der Waals surface area contributed by atoms with Gasteiger partial charge < -0.3 is 4.90 Å². The van der Waals surface area contributed by atoms with E-state index >= 15 is 0 Å². The Morgan fingerprint density at radius 3 is 2.42 bits per heavy atom. The molecule has 26 heavy (non-hydrogen) atoms. The Morgan fingerprint density at radius 2 is 1.73 bits per heavy atom. The molecule has 0 saturated carbocycles. The van der Waals surface area contributed by atoms with Gasteiger partial charge in [0.2, 0.25) is 0 Å². The summed E-state index contributed by atoms with van der Waals surface area (Å²) in [5.41, 5.74) is 3.50. The number of hydrogen-bond donors (Lipinski definition) is 0. The lowest BCUT2D eigenvalue weighted by Gasteiger charge is -2.23. The quantitative estimate of drug-likeness (QED) is 0.491. The second-order valence-electron chi connectivity index (χ2n) is 6.62. The number of nitrogens with zero attached hydrogens (tertiary/aromatic N) is 2. The Labute approximate surface area is 158 Å². The lowest BCUT2D eigenvalue weighted by Crippen LogP contribution is -2.27. The topological polar surface area (TPSA) is 27.0 Å². The maximum Gasteiger partial charge on any atom is 0.0730 e. The summed E-state index contributed by atoms with van der Waals surface area (Å²) in [6, 6.07) is 21.3. The molecule has 2 aromatic carbocycles. The van der Waals surface area contributed by atoms with Gasteiger partial charge in [-0.25, -0.2) is 0 Å². The van der Waals surface area contributed by atoms with E-state index in [1.807, 2.05) is 12.1 Å². The number of hydrogen-bond acceptors (Lipinski definition) is 2. The lowest BCUT2D eigenvalue weighted by molar-refractivity contribution is 0.273. The third-order valence-electron chi connectivity index (χ3n) is 4.70. The van der Waals surface area contributed by atoms with E-state index < -0.39 is 0 Å². The third-order valence-corrected chi connectivity index (χ3v) is 4.70. The smallest absolute Gasteiger partial charge is 0.0730 e. The van der Waals surface area contributed by atoms with Gasteiger partial charge in [0, 0.05) is 6.54 Å². The lowest BCUT2D eigenvalue weighted by atomic mass is 9.89. The van der Waals surface area contributed by atoms with Crippen LogP contribution in [0.2, 0.25) is 0 Å². The fraction of sp³-hybridized carbons (Fsp3) is 0.375. The first-order valence-corrected chi connectivity index (χ1v) is 9.67. The van der Waals surface area contributed by atoms with Crippen LogP contribution in [0.5, 0.6) is 0 Å². The van der Waals surface area contributed by atoms with E-state index in [9.17, 15) is 5.26 Å². The summed E-state index contributed by atoms with van der Waals surface area (Å²) in [4.78, 5) is 2.48. The zero-order valence-electron chi connectivity index (χ0n) is 16.1. The fourth-order valence-corrected chi connectivity index (χ4v) is 3.36. The molecule has 2 aromatic rings. The highest BCUT2D eigenvalue weighted by Gasteiger charge is 2.16. The second-order valence-corrected chi connectivity index (χ2v) is 6.62. The van der Waals surface area contributed by atoms with Gasteiger partial charge in [-0.15, -0.1) is 0 Å². The minimum atomic E-state index is -0.0764. The van der Waals surface area contributed by atoms with Crippen molar-refractivity contribution < 1.29 is 0 Å². The Hall–Kier alpha value is -2.37. The van der Waals surface area contributed by atoms with Crippen LogP contribution in [0.4, 0.5) is 0 Å². The average molecular weight is 347 g/mol. The van der Waals surface area contributed by atoms with Crippen molar-refractivity contribution in [3.05, 3.63) is 72.3 Å². The van der Waals surface area contributed by atoms with Crippen molar-refractivity contribution in [2.45, 2.75) is 39.0 Å². The van der Waals surface area contributed by atoms with Gasteiger partial charge in [-0.2, -0.15) is 5.26 Å². The maximum atomic E-state index is 9.83. The predicted molar refractivity (Wildman–Crippen MR) is 111 cm³/mol. The average Bonchev–Trinajstić information content (AvgIpc) is 2.69. The molecule has 0 heterocycles. The maximum absolute atomic E-state index is 9.83. The largest absolute Gasteiger partial charge is 0.303 e. The van der Waals surface area contributed by atoms with Gasteiger partial charge in [0.1, 0.15) is 0 Å². The van der Waals surface area contributed by atoms with E-state index in [0.29, 0.717) is 0 Å². The van der Waals surface area contributed by atoms with Crippen molar-refractivity contribution >= 4 is 0 Å². The normalized spacial score (nSPS) is 12.4. The van der Waals surface area contributed by atoms with Crippen molar-refractivity contribution in [1.82, 2.24) is 4.90 Å². The van der Waals surface area contributed by atoms with Gasteiger partial charge in [-0.1, -0.05) is 73.7 Å². The first kappa shape index (κ1) is 19.9. The molecule has 0 bridgehead atoms. The van der Waals surface area contributed by atoms with E-state index in [4.69, 9.17) is 0 Å². The summed E-state index contributed by atoms with van der Waals surface area (Å²) >= 11 is 0. The molecule has 1 atom stereocenters. The van der Waals surface area contributed by atoms with Gasteiger partial charge in [-0.05, 0) is 56.0 Å². The predicted octanol–water partition coefficient (Wildman–Crippen LogP) is 6.03. The standard InChI is InChI=1S/C24H30N2/c1-3-5-11-18-26(17-4-2)19-16-22(20-25)24-15-10-9-14-23(24)21-12-7-6-8-13-21/h3,5-10,12-15,22H,4,11,16-19H2,1-2H3. The Kier molecular flexibility index (Phi) is 8.66. The number of benzene rings is 2. The molecule has 0 N–H and O–H groups in total. The number of nitriles is 1. The summed E-state index contributed by atoms with van der Waals surface area (Å²) in [7, 11) is 0. The highest BCUT2D eigenvalue weighted by atomic mass is 15.1. The van der Waals surface area contributed by atoms with Crippen LogP contribution in [-0.4, -0.2) is 24.5 Å². The van der Waals surface area contributed by atoms with Gasteiger partial charge in [0.15, 0.2) is 0 Å². The summed E-state index contributed by atoms with van der Waals surface area (Å²) in [5.74, 6) is -0.0764. The molecule has 2 rings (SSSR count). The molecule has 0 saturated heterocycles. The molecule has 0 radical (unpaired) electrons. The van der Waals surface area contributed by atoms with E-state index in [2.05, 4.69) is 79.4 Å². The monoisotopic (exact) mass is 346 g/mol. The van der Waals surface area contributed by atoms with Crippen molar-refractivity contribution in [1.29, 1.82) is 5.26 Å². The Bertz CT molecular complexity index is 712. The van der Waals surface area contributed by atoms with Crippen LogP contribution in [0.1, 0.15) is 44.6 Å². The zero-order chi connectivity index (χ0) is 18.6. The molecule has 1 unspecified atom stereocenters. The highest BCUT2D eigenvalue weighted by Crippen LogP contribution is 2.31. The van der Waals surface area contributed by atoms with Crippen LogP contribution < -0.4 is 0 Å². The molecule has 0 aliphatic rings. The zero-order valence-corrected chi connectivity index (χ0v) is 16.1. The summed E-state index contributed by atoms with van der Waals surface area (Å²) < 4.78 is 0. The molecule has 0 spiro atoms. The molecule has 0 aromatic heterocycles. The molecule has 136 valence electrons. The van der Waals surface area contributed by atoms with Crippen LogP contribution in [0.15, 0.2) is 66.7 Å². The van der Waals surface area contributed by atoms with E-state index in [1.165, 1.54) is 11.1 Å². The van der Waals surface area contributed by atoms with Crippen molar-refractivity contribution in [2.75, 3.05) is 19.6 Å². The first-order valence-electron chi connectivity index (χ1n) is 9.67. The van der Waals surface area contributed by atoms with E-state index in [0.717, 1.165) is 44.5 Å². The van der Waals surface area contributed by atoms with Gasteiger partial charge >= 0.3 is 0 Å². The summed E-state index contributed by atoms with van der Waals surface area (Å²) in [5, 5.41) is 9.83. The summed E-state index contributed by atoms with van der Waals surface area (Å²) in [6.07, 6.45) is 7.42. The molecule has 0 amide bonds. The molecular formula is C24H30N2. The second kappa shape index (κ2) is 11.3. The summed E-state index contributed by atoms with van der Waals surface area (Å²) in [6.45, 7) is 7.41. The minimum absolute atomic E-state index is 0.0764. The van der Waals surface area contributed by atoms with Crippen molar-refractivity contribution in [3.8, 4) is 17.2 Å². The molecular weight excluding hydrogens is 316 g/mol. The van der Waals surface area contributed by atoms with Gasteiger partial charge in [0.05, 0.1) is 12.0 Å². The molecule has 2 heteroatoms. The fourth-order valence-electron chi connectivity index (χ4n) is 3.36. The Balaban J connectivity index is 2.12. The third kappa shape index (κ3) is 5.86. The van der Waals surface area contributed by atoms with Crippen LogP contribution >= 0.6 is 0 Å². The van der Waals surface area contributed by atoms with Crippen molar-refractivity contribution in [3.63, 3.8) is 0 Å². The van der Waals surface area contributed by atoms with Crippen LogP contribution in [0.25, 0.3) is 11.1 Å². The highest BCUT2D eigenvalue weighted by molar-refractivity contribution is 5.68.